The van der Waals surface area contributed by atoms with Crippen molar-refractivity contribution in [2.75, 3.05) is 39.8 Å². The Bertz CT molecular complexity index is 242. The fraction of sp³-hybridized carbons (Fsp3) is 0.900. The maximum atomic E-state index is 12.0. The number of hydrogen-bond acceptors (Lipinski definition) is 2. The molecule has 0 bridgehead atoms. The molecule has 3 nitrogen and oxygen atoms in total. The predicted molar refractivity (Wildman–Crippen MR) is 57.7 cm³/mol. The maximum absolute atomic E-state index is 12.0. The highest BCUT2D eigenvalue weighted by atomic mass is 19.4. The van der Waals surface area contributed by atoms with Gasteiger partial charge in [-0.1, -0.05) is 6.92 Å². The molecule has 0 aliphatic carbocycles. The maximum Gasteiger partial charge on any atom is 0.408 e. The third-order valence-corrected chi connectivity index (χ3v) is 2.63. The van der Waals surface area contributed by atoms with Gasteiger partial charge in [0.2, 0.25) is 0 Å². The monoisotopic (exact) mass is 237 g/mol. The topological polar surface area (TPSA) is 18.8 Å². The van der Waals surface area contributed by atoms with E-state index in [4.69, 9.17) is 0 Å². The summed E-state index contributed by atoms with van der Waals surface area (Å²) in [7, 11) is 2.01. The van der Waals surface area contributed by atoms with Crippen LogP contribution in [-0.4, -0.2) is 61.6 Å². The number of alkyl halides is 3. The van der Waals surface area contributed by atoms with E-state index in [-0.39, 0.29) is 0 Å². The summed E-state index contributed by atoms with van der Waals surface area (Å²) in [6.45, 7) is 4.06. The van der Waals surface area contributed by atoms with Gasteiger partial charge >= 0.3 is 6.18 Å². The third kappa shape index (κ3) is 4.38. The van der Waals surface area contributed by atoms with Crippen LogP contribution in [0.2, 0.25) is 0 Å². The number of piperazine rings is 1. The van der Waals surface area contributed by atoms with E-state index in [9.17, 15) is 13.2 Å². The van der Waals surface area contributed by atoms with Gasteiger partial charge in [-0.15, -0.1) is 0 Å². The van der Waals surface area contributed by atoms with Crippen molar-refractivity contribution in [2.24, 2.45) is 4.99 Å². The highest BCUT2D eigenvalue weighted by molar-refractivity contribution is 5.82. The Labute approximate surface area is 93.9 Å². The quantitative estimate of drug-likeness (QED) is 0.536. The van der Waals surface area contributed by atoms with Crippen LogP contribution >= 0.6 is 0 Å². The molecule has 6 heteroatoms. The van der Waals surface area contributed by atoms with Crippen molar-refractivity contribution in [3.63, 3.8) is 0 Å². The molecule has 1 aliphatic heterocycles. The van der Waals surface area contributed by atoms with Crippen molar-refractivity contribution in [3.05, 3.63) is 0 Å². The van der Waals surface area contributed by atoms with Crippen molar-refractivity contribution >= 4 is 5.84 Å². The molecule has 1 rings (SSSR count). The minimum atomic E-state index is -4.20. The number of amidine groups is 1. The lowest BCUT2D eigenvalue weighted by molar-refractivity contribution is -0.118. The molecule has 0 unspecified atom stereocenters. The Morgan fingerprint density at radius 2 is 1.75 bits per heavy atom. The molecule has 94 valence electrons. The minimum absolute atomic E-state index is 0.555. The summed E-state index contributed by atoms with van der Waals surface area (Å²) in [5.74, 6) is 0.574. The van der Waals surface area contributed by atoms with Crippen LogP contribution in [0.5, 0.6) is 0 Å². The zero-order valence-corrected chi connectivity index (χ0v) is 9.72. The number of halogens is 3. The van der Waals surface area contributed by atoms with Gasteiger partial charge in [0.25, 0.3) is 0 Å². The van der Waals surface area contributed by atoms with Gasteiger partial charge in [-0.25, -0.2) is 0 Å². The van der Waals surface area contributed by atoms with Crippen LogP contribution in [-0.2, 0) is 0 Å². The lowest BCUT2D eigenvalue weighted by Gasteiger charge is -2.34. The first-order valence-corrected chi connectivity index (χ1v) is 5.46. The summed E-state index contributed by atoms with van der Waals surface area (Å²) in [6, 6.07) is 0. The van der Waals surface area contributed by atoms with E-state index >= 15 is 0 Å². The molecule has 0 spiro atoms. The molecular weight excluding hydrogens is 219 g/mol. The fourth-order valence-corrected chi connectivity index (χ4v) is 1.68. The molecule has 0 N–H and O–H groups in total. The van der Waals surface area contributed by atoms with E-state index in [2.05, 4.69) is 9.89 Å². The van der Waals surface area contributed by atoms with E-state index in [1.54, 1.807) is 0 Å². The average Bonchev–Trinajstić information content (AvgIpc) is 2.20. The van der Waals surface area contributed by atoms with Crippen molar-refractivity contribution in [3.8, 4) is 0 Å². The highest BCUT2D eigenvalue weighted by Gasteiger charge is 2.27. The number of hydrogen-bond donors (Lipinski definition) is 0. The van der Waals surface area contributed by atoms with Crippen LogP contribution in [0.25, 0.3) is 0 Å². The van der Waals surface area contributed by atoms with Crippen molar-refractivity contribution in [1.82, 2.24) is 9.80 Å². The van der Waals surface area contributed by atoms with E-state index in [0.29, 0.717) is 12.3 Å². The second-order valence-corrected chi connectivity index (χ2v) is 3.99. The van der Waals surface area contributed by atoms with Crippen LogP contribution in [0.3, 0.4) is 0 Å². The van der Waals surface area contributed by atoms with Crippen LogP contribution in [0.15, 0.2) is 4.99 Å². The smallest absolute Gasteiger partial charge is 0.358 e. The fourth-order valence-electron chi connectivity index (χ4n) is 1.68. The van der Waals surface area contributed by atoms with Crippen molar-refractivity contribution in [1.29, 1.82) is 0 Å². The number of nitrogens with zero attached hydrogens (tertiary/aromatic N) is 3. The molecule has 0 amide bonds. The summed E-state index contributed by atoms with van der Waals surface area (Å²) in [5, 5.41) is 0. The molecule has 1 aliphatic rings. The molecule has 16 heavy (non-hydrogen) atoms. The summed E-state index contributed by atoms with van der Waals surface area (Å²) in [5.41, 5.74) is 0. The lowest BCUT2D eigenvalue weighted by atomic mass is 10.3. The molecule has 0 atom stereocenters. The molecule has 1 heterocycles. The van der Waals surface area contributed by atoms with Gasteiger partial charge < -0.3 is 9.80 Å². The second-order valence-electron chi connectivity index (χ2n) is 3.99. The summed E-state index contributed by atoms with van der Waals surface area (Å²) in [6.07, 6.45) is -3.65. The molecule has 0 aromatic rings. The molecule has 0 radical (unpaired) electrons. The normalized spacial score (nSPS) is 20.3. The Morgan fingerprint density at radius 1 is 1.19 bits per heavy atom. The largest absolute Gasteiger partial charge is 0.408 e. The van der Waals surface area contributed by atoms with Crippen LogP contribution in [0, 0.1) is 0 Å². The molecule has 0 saturated carbocycles. The van der Waals surface area contributed by atoms with Crippen molar-refractivity contribution in [2.45, 2.75) is 19.5 Å². The van der Waals surface area contributed by atoms with Gasteiger partial charge in [-0.3, -0.25) is 4.99 Å². The van der Waals surface area contributed by atoms with Crippen LogP contribution in [0.4, 0.5) is 13.2 Å². The van der Waals surface area contributed by atoms with Gasteiger partial charge in [0.05, 0.1) is 5.84 Å². The van der Waals surface area contributed by atoms with E-state index < -0.39 is 12.7 Å². The van der Waals surface area contributed by atoms with Gasteiger partial charge in [-0.05, 0) is 7.05 Å². The third-order valence-electron chi connectivity index (χ3n) is 2.63. The Hall–Kier alpha value is -0.780. The SMILES string of the molecule is CC/C(=N/CC(F)(F)F)N1CCN(C)CC1. The predicted octanol–water partition coefficient (Wildman–Crippen LogP) is 1.60. The van der Waals surface area contributed by atoms with E-state index in [1.165, 1.54) is 0 Å². The van der Waals surface area contributed by atoms with Crippen LogP contribution < -0.4 is 0 Å². The number of aliphatic imine (C=N–C) groups is 1. The Morgan fingerprint density at radius 3 is 2.19 bits per heavy atom. The summed E-state index contributed by atoms with van der Waals surface area (Å²) in [4.78, 5) is 7.77. The molecule has 1 fully saturated rings. The summed E-state index contributed by atoms with van der Waals surface area (Å²) < 4.78 is 36.1. The van der Waals surface area contributed by atoms with E-state index in [0.717, 1.165) is 26.2 Å². The van der Waals surface area contributed by atoms with Crippen LogP contribution in [0.1, 0.15) is 13.3 Å². The van der Waals surface area contributed by atoms with Crippen molar-refractivity contribution < 1.29 is 13.2 Å². The zero-order valence-electron chi connectivity index (χ0n) is 9.72. The summed E-state index contributed by atoms with van der Waals surface area (Å²) >= 11 is 0. The first kappa shape index (κ1) is 13.3. The zero-order chi connectivity index (χ0) is 12.2. The van der Waals surface area contributed by atoms with Gasteiger partial charge in [0.1, 0.15) is 6.54 Å². The molecular formula is C10H18F3N3. The number of likely N-dealkylation sites (N-methyl/N-ethyl adjacent to an activating group) is 1. The molecule has 1 saturated heterocycles. The first-order valence-electron chi connectivity index (χ1n) is 5.46. The first-order chi connectivity index (χ1) is 7.42. The number of rotatable bonds is 2. The standard InChI is InChI=1S/C10H18F3N3/c1-3-9(14-8-10(11,12)13)16-6-4-15(2)5-7-16/h3-8H2,1-2H3/b14-9-. The molecule has 0 aromatic heterocycles. The Kier molecular flexibility index (Phi) is 4.58. The second kappa shape index (κ2) is 5.52. The highest BCUT2D eigenvalue weighted by Crippen LogP contribution is 2.15. The van der Waals surface area contributed by atoms with Gasteiger partial charge in [-0.2, -0.15) is 13.2 Å². The minimum Gasteiger partial charge on any atom is -0.358 e. The average molecular weight is 237 g/mol. The van der Waals surface area contributed by atoms with E-state index in [1.807, 2.05) is 18.9 Å². The lowest BCUT2D eigenvalue weighted by Crippen LogP contribution is -2.47. The van der Waals surface area contributed by atoms with Gasteiger partial charge in [0, 0.05) is 32.6 Å². The van der Waals surface area contributed by atoms with Gasteiger partial charge in [0.15, 0.2) is 0 Å². The Balaban J connectivity index is 2.53. The molecule has 0 aromatic carbocycles.